The summed E-state index contributed by atoms with van der Waals surface area (Å²) in [7, 11) is 0. The molecule has 6 heteroatoms. The van der Waals surface area contributed by atoms with Gasteiger partial charge in [-0.3, -0.25) is 14.7 Å². The zero-order valence-corrected chi connectivity index (χ0v) is 10.8. The fourth-order valence-electron chi connectivity index (χ4n) is 1.98. The van der Waals surface area contributed by atoms with Crippen molar-refractivity contribution in [3.63, 3.8) is 0 Å². The van der Waals surface area contributed by atoms with Crippen LogP contribution in [0.25, 0.3) is 0 Å². The van der Waals surface area contributed by atoms with E-state index in [0.29, 0.717) is 13.1 Å². The highest BCUT2D eigenvalue weighted by Crippen LogP contribution is 2.26. The first kappa shape index (κ1) is 12.4. The number of hydrogen-bond donors (Lipinski definition) is 1. The minimum absolute atomic E-state index is 0.0643. The Balaban J connectivity index is 2.01. The van der Waals surface area contributed by atoms with Crippen LogP contribution in [-0.4, -0.2) is 34.5 Å². The highest BCUT2D eigenvalue weighted by molar-refractivity contribution is 9.10. The van der Waals surface area contributed by atoms with Crippen LogP contribution in [-0.2, 0) is 11.3 Å². The number of nitrogens with zero attached hydrogens (tertiary/aromatic N) is 2. The maximum atomic E-state index is 13.9. The molecule has 0 aromatic carbocycles. The number of aromatic nitrogens is 1. The van der Waals surface area contributed by atoms with Crippen LogP contribution in [0, 0.1) is 0 Å². The molecule has 0 spiro atoms. The lowest BCUT2D eigenvalue weighted by Gasteiger charge is -2.17. The van der Waals surface area contributed by atoms with Crippen molar-refractivity contribution in [1.82, 2.24) is 9.88 Å². The van der Waals surface area contributed by atoms with Crippen LogP contribution in [0.15, 0.2) is 22.9 Å². The molecule has 1 aromatic heterocycles. The van der Waals surface area contributed by atoms with E-state index < -0.39 is 11.6 Å². The van der Waals surface area contributed by atoms with Crippen molar-refractivity contribution in [1.29, 1.82) is 0 Å². The molecule has 1 aliphatic heterocycles. The Labute approximate surface area is 107 Å². The summed E-state index contributed by atoms with van der Waals surface area (Å²) in [6.45, 7) is 1.17. The monoisotopic (exact) mass is 301 g/mol. The summed E-state index contributed by atoms with van der Waals surface area (Å²) >= 11 is 3.33. The van der Waals surface area contributed by atoms with Gasteiger partial charge in [0.05, 0.1) is 0 Å². The Bertz CT molecular complexity index is 442. The summed E-state index contributed by atoms with van der Waals surface area (Å²) in [5.41, 5.74) is 4.16. The predicted octanol–water partition coefficient (Wildman–Crippen LogP) is 1.24. The van der Waals surface area contributed by atoms with Gasteiger partial charge >= 0.3 is 0 Å². The summed E-state index contributed by atoms with van der Waals surface area (Å²) in [6, 6.07) is 1.93. The first-order valence-electron chi connectivity index (χ1n) is 5.30. The molecular weight excluding hydrogens is 289 g/mol. The maximum absolute atomic E-state index is 13.9. The second-order valence-corrected chi connectivity index (χ2v) is 5.22. The first-order chi connectivity index (χ1) is 7.99. The highest BCUT2D eigenvalue weighted by atomic mass is 79.9. The van der Waals surface area contributed by atoms with Gasteiger partial charge in [-0.15, -0.1) is 0 Å². The zero-order valence-electron chi connectivity index (χ0n) is 9.20. The lowest BCUT2D eigenvalue weighted by atomic mass is 10.1. The molecular formula is C11H13BrFN3O. The van der Waals surface area contributed by atoms with Crippen molar-refractivity contribution < 1.29 is 9.18 Å². The number of amides is 1. The summed E-state index contributed by atoms with van der Waals surface area (Å²) in [4.78, 5) is 16.9. The standard InChI is InChI=1S/C11H13BrFN3O/c12-9-3-8(4-15-5-9)6-16-2-1-11(13,7-16)10(14)17/h3-5H,1-2,6-7H2,(H2,14,17). The highest BCUT2D eigenvalue weighted by Gasteiger charge is 2.43. The minimum atomic E-state index is -1.88. The average molecular weight is 302 g/mol. The number of carbonyl (C=O) groups excluding carboxylic acids is 1. The molecule has 17 heavy (non-hydrogen) atoms. The third-order valence-electron chi connectivity index (χ3n) is 2.91. The summed E-state index contributed by atoms with van der Waals surface area (Å²) in [6.07, 6.45) is 3.59. The van der Waals surface area contributed by atoms with E-state index in [4.69, 9.17) is 5.73 Å². The molecule has 1 aromatic rings. The number of pyridine rings is 1. The van der Waals surface area contributed by atoms with E-state index in [1.807, 2.05) is 11.0 Å². The van der Waals surface area contributed by atoms with Crippen molar-refractivity contribution >= 4 is 21.8 Å². The van der Waals surface area contributed by atoms with Crippen molar-refractivity contribution in [2.45, 2.75) is 18.6 Å². The van der Waals surface area contributed by atoms with Crippen molar-refractivity contribution in [3.8, 4) is 0 Å². The third kappa shape index (κ3) is 2.81. The van der Waals surface area contributed by atoms with Gasteiger partial charge in [-0.2, -0.15) is 0 Å². The van der Waals surface area contributed by atoms with E-state index in [1.165, 1.54) is 0 Å². The fraction of sp³-hybridized carbons (Fsp3) is 0.455. The first-order valence-corrected chi connectivity index (χ1v) is 6.09. The van der Waals surface area contributed by atoms with Gasteiger partial charge < -0.3 is 5.73 Å². The predicted molar refractivity (Wildman–Crippen MR) is 64.9 cm³/mol. The van der Waals surface area contributed by atoms with Gasteiger partial charge in [-0.1, -0.05) is 0 Å². The topological polar surface area (TPSA) is 59.2 Å². The molecule has 92 valence electrons. The number of likely N-dealkylation sites (tertiary alicyclic amines) is 1. The van der Waals surface area contributed by atoms with Crippen molar-refractivity contribution in [3.05, 3.63) is 28.5 Å². The second kappa shape index (κ2) is 4.70. The van der Waals surface area contributed by atoms with Gasteiger partial charge in [-0.05, 0) is 27.6 Å². The molecule has 1 aliphatic rings. The molecule has 2 heterocycles. The molecule has 0 aliphatic carbocycles. The Morgan fingerprint density at radius 1 is 1.65 bits per heavy atom. The normalized spacial score (nSPS) is 25.1. The number of carbonyl (C=O) groups is 1. The van der Waals surface area contributed by atoms with Crippen LogP contribution in [0.1, 0.15) is 12.0 Å². The number of hydrogen-bond acceptors (Lipinski definition) is 3. The quantitative estimate of drug-likeness (QED) is 0.914. The van der Waals surface area contributed by atoms with Crippen LogP contribution < -0.4 is 5.73 Å². The van der Waals surface area contributed by atoms with Crippen LogP contribution in [0.4, 0.5) is 4.39 Å². The van der Waals surface area contributed by atoms with Crippen LogP contribution >= 0.6 is 15.9 Å². The van der Waals surface area contributed by atoms with E-state index in [1.54, 1.807) is 12.4 Å². The number of nitrogens with two attached hydrogens (primary N) is 1. The molecule has 0 bridgehead atoms. The molecule has 1 amide bonds. The van der Waals surface area contributed by atoms with E-state index in [0.717, 1.165) is 10.0 Å². The van der Waals surface area contributed by atoms with Gasteiger partial charge in [0.15, 0.2) is 0 Å². The summed E-state index contributed by atoms with van der Waals surface area (Å²) in [5.74, 6) is -0.868. The molecule has 1 unspecified atom stereocenters. The van der Waals surface area contributed by atoms with Gasteiger partial charge in [0.1, 0.15) is 0 Å². The summed E-state index contributed by atoms with van der Waals surface area (Å²) in [5, 5.41) is 0. The molecule has 0 radical (unpaired) electrons. The van der Waals surface area contributed by atoms with Gasteiger partial charge in [0.25, 0.3) is 5.91 Å². The Kier molecular flexibility index (Phi) is 3.44. The van der Waals surface area contributed by atoms with Crippen molar-refractivity contribution in [2.75, 3.05) is 13.1 Å². The number of alkyl halides is 1. The number of rotatable bonds is 3. The zero-order chi connectivity index (χ0) is 12.5. The maximum Gasteiger partial charge on any atom is 0.256 e. The van der Waals surface area contributed by atoms with Crippen LogP contribution in [0.5, 0.6) is 0 Å². The van der Waals surface area contributed by atoms with Gasteiger partial charge in [-0.25, -0.2) is 4.39 Å². The minimum Gasteiger partial charge on any atom is -0.367 e. The lowest BCUT2D eigenvalue weighted by molar-refractivity contribution is -0.128. The lowest BCUT2D eigenvalue weighted by Crippen LogP contribution is -2.42. The van der Waals surface area contributed by atoms with E-state index in [9.17, 15) is 9.18 Å². The Morgan fingerprint density at radius 3 is 3.00 bits per heavy atom. The van der Waals surface area contributed by atoms with E-state index in [2.05, 4.69) is 20.9 Å². The van der Waals surface area contributed by atoms with Crippen molar-refractivity contribution in [2.24, 2.45) is 5.73 Å². The van der Waals surface area contributed by atoms with Crippen LogP contribution in [0.2, 0.25) is 0 Å². The largest absolute Gasteiger partial charge is 0.367 e. The molecule has 0 saturated carbocycles. The molecule has 1 fully saturated rings. The van der Waals surface area contributed by atoms with Gasteiger partial charge in [0, 0.05) is 42.9 Å². The SMILES string of the molecule is NC(=O)C1(F)CCN(Cc2cncc(Br)c2)C1. The molecule has 2 rings (SSSR count). The average Bonchev–Trinajstić information content (AvgIpc) is 2.61. The fourth-order valence-corrected chi connectivity index (χ4v) is 2.40. The summed E-state index contributed by atoms with van der Waals surface area (Å²) < 4.78 is 14.8. The molecule has 2 N–H and O–H groups in total. The smallest absolute Gasteiger partial charge is 0.256 e. The Hall–Kier alpha value is -1.01. The van der Waals surface area contributed by atoms with Crippen LogP contribution in [0.3, 0.4) is 0 Å². The molecule has 1 atom stereocenters. The number of halogens is 2. The van der Waals surface area contributed by atoms with Gasteiger partial charge in [0.2, 0.25) is 5.67 Å². The third-order valence-corrected chi connectivity index (χ3v) is 3.34. The van der Waals surface area contributed by atoms with E-state index in [-0.39, 0.29) is 13.0 Å². The number of primary amides is 1. The second-order valence-electron chi connectivity index (χ2n) is 4.30. The van der Waals surface area contributed by atoms with E-state index >= 15 is 0 Å². The molecule has 4 nitrogen and oxygen atoms in total. The Morgan fingerprint density at radius 2 is 2.41 bits per heavy atom. The molecule has 1 saturated heterocycles.